The van der Waals surface area contributed by atoms with Crippen LogP contribution >= 0.6 is 0 Å². The van der Waals surface area contributed by atoms with Crippen molar-refractivity contribution in [3.63, 3.8) is 0 Å². The molecule has 176 valence electrons. The van der Waals surface area contributed by atoms with Crippen LogP contribution in [0.25, 0.3) is 5.69 Å². The van der Waals surface area contributed by atoms with E-state index in [1.807, 2.05) is 25.1 Å². The number of aryl methyl sites for hydroxylation is 1. The predicted molar refractivity (Wildman–Crippen MR) is 131 cm³/mol. The molecule has 3 aromatic carbocycles. The highest BCUT2D eigenvalue weighted by Crippen LogP contribution is 2.30. The number of benzene rings is 3. The maximum Gasteiger partial charge on any atom is 0.299 e. The molecule has 35 heavy (non-hydrogen) atoms. The Morgan fingerprint density at radius 3 is 2.40 bits per heavy atom. The van der Waals surface area contributed by atoms with E-state index >= 15 is 0 Å². The van der Waals surface area contributed by atoms with Crippen LogP contribution in [-0.2, 0) is 0 Å². The third kappa shape index (κ3) is 5.06. The Balaban J connectivity index is 1.50. The maximum absolute atomic E-state index is 13.5. The zero-order valence-corrected chi connectivity index (χ0v) is 19.0. The zero-order valence-electron chi connectivity index (χ0n) is 19.0. The average Bonchev–Trinajstić information content (AvgIpc) is 3.68. The molecule has 7 nitrogen and oxygen atoms in total. The molecule has 0 unspecified atom stereocenters. The molecule has 4 aromatic rings. The summed E-state index contributed by atoms with van der Waals surface area (Å²) < 4.78 is 20.6. The SMILES string of the molecule is Cc1ccccc1Oc1cnn(-c2ccc(F)cc2)c(=O)c1Nc1ccc(C(=O)NC2CC2)cc1. The van der Waals surface area contributed by atoms with Crippen LogP contribution < -0.4 is 20.9 Å². The Hall–Kier alpha value is -4.46. The van der Waals surface area contributed by atoms with Gasteiger partial charge in [-0.3, -0.25) is 9.59 Å². The molecule has 0 saturated heterocycles. The van der Waals surface area contributed by atoms with Gasteiger partial charge in [-0.25, -0.2) is 4.39 Å². The van der Waals surface area contributed by atoms with Gasteiger partial charge in [0.05, 0.1) is 11.9 Å². The van der Waals surface area contributed by atoms with E-state index in [4.69, 9.17) is 4.74 Å². The summed E-state index contributed by atoms with van der Waals surface area (Å²) in [7, 11) is 0. The zero-order chi connectivity index (χ0) is 24.4. The van der Waals surface area contributed by atoms with Gasteiger partial charge in [-0.1, -0.05) is 18.2 Å². The molecule has 0 radical (unpaired) electrons. The smallest absolute Gasteiger partial charge is 0.299 e. The van der Waals surface area contributed by atoms with Gasteiger partial charge in [-0.05, 0) is 79.9 Å². The van der Waals surface area contributed by atoms with Crippen molar-refractivity contribution in [3.8, 4) is 17.2 Å². The minimum Gasteiger partial charge on any atom is -0.453 e. The topological polar surface area (TPSA) is 85.2 Å². The maximum atomic E-state index is 13.5. The minimum absolute atomic E-state index is 0.120. The molecule has 1 aliphatic rings. The highest BCUT2D eigenvalue weighted by Gasteiger charge is 2.23. The number of anilines is 2. The Labute approximate surface area is 201 Å². The van der Waals surface area contributed by atoms with Gasteiger partial charge in [0.25, 0.3) is 11.5 Å². The summed E-state index contributed by atoms with van der Waals surface area (Å²) in [4.78, 5) is 25.8. The van der Waals surface area contributed by atoms with E-state index < -0.39 is 11.4 Å². The molecule has 1 aliphatic carbocycles. The second kappa shape index (κ2) is 9.42. The largest absolute Gasteiger partial charge is 0.453 e. The summed E-state index contributed by atoms with van der Waals surface area (Å²) in [6.07, 6.45) is 3.46. The number of nitrogens with zero attached hydrogens (tertiary/aromatic N) is 2. The van der Waals surface area contributed by atoms with E-state index in [2.05, 4.69) is 15.7 Å². The molecule has 1 saturated carbocycles. The number of hydrogen-bond donors (Lipinski definition) is 2. The lowest BCUT2D eigenvalue weighted by Gasteiger charge is -2.15. The first kappa shape index (κ1) is 22.3. The molecule has 1 heterocycles. The summed E-state index contributed by atoms with van der Waals surface area (Å²) >= 11 is 0. The van der Waals surface area contributed by atoms with Crippen LogP contribution in [0.2, 0.25) is 0 Å². The fourth-order valence-electron chi connectivity index (χ4n) is 3.53. The second-order valence-corrected chi connectivity index (χ2v) is 8.39. The van der Waals surface area contributed by atoms with Gasteiger partial charge in [0.2, 0.25) is 0 Å². The molecule has 1 fully saturated rings. The van der Waals surface area contributed by atoms with Crippen LogP contribution in [0.15, 0.2) is 83.8 Å². The lowest BCUT2D eigenvalue weighted by Crippen LogP contribution is -2.25. The van der Waals surface area contributed by atoms with Crippen molar-refractivity contribution in [3.05, 3.63) is 106 Å². The van der Waals surface area contributed by atoms with Crippen LogP contribution in [-0.4, -0.2) is 21.7 Å². The number of ether oxygens (including phenoxy) is 1. The van der Waals surface area contributed by atoms with Crippen molar-refractivity contribution in [1.29, 1.82) is 0 Å². The molecular weight excluding hydrogens is 447 g/mol. The molecule has 0 bridgehead atoms. The van der Waals surface area contributed by atoms with E-state index in [0.29, 0.717) is 22.7 Å². The molecular formula is C27H23FN4O3. The first-order chi connectivity index (χ1) is 17.0. The van der Waals surface area contributed by atoms with Gasteiger partial charge in [0.1, 0.15) is 11.6 Å². The number of rotatable bonds is 7. The lowest BCUT2D eigenvalue weighted by molar-refractivity contribution is 0.0951. The summed E-state index contributed by atoms with van der Waals surface area (Å²) in [5, 5.41) is 10.3. The van der Waals surface area contributed by atoms with Crippen LogP contribution in [0.3, 0.4) is 0 Å². The first-order valence-corrected chi connectivity index (χ1v) is 11.3. The number of hydrogen-bond acceptors (Lipinski definition) is 5. The summed E-state index contributed by atoms with van der Waals surface area (Å²) in [5.74, 6) is 0.289. The van der Waals surface area contributed by atoms with Crippen molar-refractivity contribution < 1.29 is 13.9 Å². The number of para-hydroxylation sites is 1. The van der Waals surface area contributed by atoms with Gasteiger partial charge in [0, 0.05) is 17.3 Å². The van der Waals surface area contributed by atoms with Crippen molar-refractivity contribution >= 4 is 17.3 Å². The Bertz CT molecular complexity index is 1430. The normalized spacial score (nSPS) is 12.7. The van der Waals surface area contributed by atoms with E-state index in [1.54, 1.807) is 30.3 Å². The van der Waals surface area contributed by atoms with E-state index in [9.17, 15) is 14.0 Å². The van der Waals surface area contributed by atoms with Gasteiger partial charge in [0.15, 0.2) is 11.4 Å². The fourth-order valence-corrected chi connectivity index (χ4v) is 3.53. The number of aromatic nitrogens is 2. The Kier molecular flexibility index (Phi) is 6.01. The highest BCUT2D eigenvalue weighted by atomic mass is 19.1. The van der Waals surface area contributed by atoms with E-state index in [0.717, 1.165) is 18.4 Å². The molecule has 2 N–H and O–H groups in total. The van der Waals surface area contributed by atoms with Crippen molar-refractivity contribution in [2.24, 2.45) is 0 Å². The Morgan fingerprint density at radius 2 is 1.71 bits per heavy atom. The Morgan fingerprint density at radius 1 is 1.00 bits per heavy atom. The molecule has 1 amide bonds. The van der Waals surface area contributed by atoms with Gasteiger partial charge >= 0.3 is 0 Å². The molecule has 5 rings (SSSR count). The molecule has 0 aliphatic heterocycles. The lowest BCUT2D eigenvalue weighted by atomic mass is 10.2. The molecule has 0 spiro atoms. The first-order valence-electron chi connectivity index (χ1n) is 11.3. The van der Waals surface area contributed by atoms with Crippen LogP contribution in [0, 0.1) is 12.7 Å². The third-order valence-corrected chi connectivity index (χ3v) is 5.66. The van der Waals surface area contributed by atoms with Crippen molar-refractivity contribution in [2.75, 3.05) is 5.32 Å². The summed E-state index contributed by atoms with van der Waals surface area (Å²) in [6, 6.07) is 20.0. The fraction of sp³-hybridized carbons (Fsp3) is 0.148. The number of carbonyl (C=O) groups excluding carboxylic acids is 1. The highest BCUT2D eigenvalue weighted by molar-refractivity contribution is 5.95. The number of amides is 1. The molecule has 0 atom stereocenters. The molecule has 8 heteroatoms. The summed E-state index contributed by atoms with van der Waals surface area (Å²) in [6.45, 7) is 1.90. The molecule has 1 aromatic heterocycles. The van der Waals surface area contributed by atoms with Crippen LogP contribution in [0.4, 0.5) is 15.8 Å². The predicted octanol–water partition coefficient (Wildman–Crippen LogP) is 5.11. The standard InChI is InChI=1S/C27H23FN4O3/c1-17-4-2-3-5-23(17)35-24-16-29-32(22-14-8-19(28)9-15-22)27(34)25(24)30-20-10-6-18(7-11-20)26(33)31-21-12-13-21/h2-11,14-16,21,30H,12-13H2,1H3,(H,31,33). The quantitative estimate of drug-likeness (QED) is 0.392. The van der Waals surface area contributed by atoms with Crippen LogP contribution in [0.5, 0.6) is 11.5 Å². The van der Waals surface area contributed by atoms with Gasteiger partial charge < -0.3 is 15.4 Å². The average molecular weight is 471 g/mol. The monoisotopic (exact) mass is 470 g/mol. The number of halogens is 1. The van der Waals surface area contributed by atoms with Crippen molar-refractivity contribution in [2.45, 2.75) is 25.8 Å². The number of nitrogens with one attached hydrogen (secondary N) is 2. The second-order valence-electron chi connectivity index (χ2n) is 8.39. The van der Waals surface area contributed by atoms with E-state index in [1.165, 1.54) is 35.1 Å². The van der Waals surface area contributed by atoms with Gasteiger partial charge in [-0.15, -0.1) is 0 Å². The number of carbonyl (C=O) groups is 1. The van der Waals surface area contributed by atoms with E-state index in [-0.39, 0.29) is 23.4 Å². The van der Waals surface area contributed by atoms with Crippen LogP contribution in [0.1, 0.15) is 28.8 Å². The minimum atomic E-state index is -0.474. The third-order valence-electron chi connectivity index (χ3n) is 5.66. The van der Waals surface area contributed by atoms with Gasteiger partial charge in [-0.2, -0.15) is 9.78 Å². The van der Waals surface area contributed by atoms with Crippen molar-refractivity contribution in [1.82, 2.24) is 15.1 Å². The summed E-state index contributed by atoms with van der Waals surface area (Å²) in [5.41, 5.74) is 2.12.